The van der Waals surface area contributed by atoms with Gasteiger partial charge < -0.3 is 10.6 Å². The minimum absolute atomic E-state index is 0.472. The van der Waals surface area contributed by atoms with Crippen molar-refractivity contribution in [3.05, 3.63) is 66.2 Å². The molecule has 5 heteroatoms. The number of rotatable bonds is 3. The molecule has 0 saturated heterocycles. The van der Waals surface area contributed by atoms with E-state index in [1.165, 1.54) is 0 Å². The first-order valence-electron chi connectivity index (χ1n) is 8.08. The summed E-state index contributed by atoms with van der Waals surface area (Å²) < 4.78 is 0. The summed E-state index contributed by atoms with van der Waals surface area (Å²) in [6.45, 7) is 0. The van der Waals surface area contributed by atoms with E-state index >= 15 is 0 Å². The van der Waals surface area contributed by atoms with Crippen LogP contribution in [-0.2, 0) is 0 Å². The number of fused-ring (bicyclic) bond motifs is 1. The van der Waals surface area contributed by atoms with Crippen LogP contribution >= 0.6 is 11.3 Å². The first kappa shape index (κ1) is 16.1. The number of terminal acetylenes is 1. The van der Waals surface area contributed by atoms with Crippen molar-refractivity contribution in [2.24, 2.45) is 0 Å². The zero-order chi connectivity index (χ0) is 18.1. The van der Waals surface area contributed by atoms with Gasteiger partial charge in [-0.1, -0.05) is 47.6 Å². The molecule has 4 rings (SSSR count). The van der Waals surface area contributed by atoms with Gasteiger partial charge in [-0.3, -0.25) is 0 Å². The molecule has 0 saturated carbocycles. The minimum Gasteiger partial charge on any atom is -0.383 e. The number of thiophene rings is 1. The molecule has 2 aromatic heterocycles. The van der Waals surface area contributed by atoms with Crippen LogP contribution < -0.4 is 10.6 Å². The van der Waals surface area contributed by atoms with Crippen molar-refractivity contribution >= 4 is 38.1 Å². The molecule has 2 aromatic carbocycles. The Balaban J connectivity index is 1.79. The molecule has 2 N–H and O–H groups in total. The van der Waals surface area contributed by atoms with Crippen LogP contribution in [-0.4, -0.2) is 17.0 Å². The quantitative estimate of drug-likeness (QED) is 0.541. The van der Waals surface area contributed by atoms with Gasteiger partial charge in [0, 0.05) is 23.9 Å². The number of hydrogen-bond acceptors (Lipinski definition) is 5. The van der Waals surface area contributed by atoms with Gasteiger partial charge in [-0.2, -0.15) is 0 Å². The van der Waals surface area contributed by atoms with E-state index in [2.05, 4.69) is 27.9 Å². The van der Waals surface area contributed by atoms with Crippen LogP contribution in [0.3, 0.4) is 0 Å². The van der Waals surface area contributed by atoms with E-state index in [-0.39, 0.29) is 0 Å². The van der Waals surface area contributed by atoms with E-state index in [9.17, 15) is 0 Å². The van der Waals surface area contributed by atoms with Gasteiger partial charge in [-0.25, -0.2) is 9.97 Å². The maximum Gasteiger partial charge on any atom is 0.163 e. The predicted octanol–water partition coefficient (Wildman–Crippen LogP) is 4.69. The van der Waals surface area contributed by atoms with E-state index in [0.29, 0.717) is 11.6 Å². The Bertz CT molecular complexity index is 1130. The Morgan fingerprint density at radius 3 is 2.62 bits per heavy atom. The Hall–Kier alpha value is -3.36. The highest BCUT2D eigenvalue weighted by molar-refractivity contribution is 7.22. The van der Waals surface area contributed by atoms with Crippen molar-refractivity contribution in [1.29, 1.82) is 0 Å². The van der Waals surface area contributed by atoms with Gasteiger partial charge in [-0.05, 0) is 30.3 Å². The van der Waals surface area contributed by atoms with Crippen LogP contribution in [0.1, 0.15) is 5.56 Å². The molecule has 0 aliphatic heterocycles. The first-order valence-corrected chi connectivity index (χ1v) is 8.90. The molecule has 0 fully saturated rings. The molecule has 0 bridgehead atoms. The predicted molar refractivity (Wildman–Crippen MR) is 110 cm³/mol. The van der Waals surface area contributed by atoms with E-state index in [1.807, 2.05) is 55.6 Å². The monoisotopic (exact) mass is 356 g/mol. The maximum absolute atomic E-state index is 6.21. The molecule has 2 heterocycles. The van der Waals surface area contributed by atoms with Gasteiger partial charge in [0.1, 0.15) is 10.6 Å². The molecular weight excluding hydrogens is 340 g/mol. The van der Waals surface area contributed by atoms with Crippen LogP contribution in [0, 0.1) is 12.3 Å². The van der Waals surface area contributed by atoms with Crippen LogP contribution in [0.25, 0.3) is 21.6 Å². The van der Waals surface area contributed by atoms with Crippen molar-refractivity contribution < 1.29 is 0 Å². The Morgan fingerprint density at radius 1 is 1.04 bits per heavy atom. The van der Waals surface area contributed by atoms with Gasteiger partial charge in [0.2, 0.25) is 0 Å². The van der Waals surface area contributed by atoms with Crippen LogP contribution in [0.4, 0.5) is 16.5 Å². The van der Waals surface area contributed by atoms with Gasteiger partial charge in [0.25, 0.3) is 0 Å². The van der Waals surface area contributed by atoms with Gasteiger partial charge in [0.15, 0.2) is 5.82 Å². The maximum atomic E-state index is 6.21. The normalized spacial score (nSPS) is 10.6. The third-order valence-corrected chi connectivity index (χ3v) is 5.28. The lowest BCUT2D eigenvalue weighted by molar-refractivity contribution is 1.24. The standard InChI is InChI=1S/C21H16N4S/c1-3-14-8-7-9-15(12-14)20-23-19(22)17-13-18(26-21(17)24-20)25(2)16-10-5-4-6-11-16/h1,4-13H,2H3,(H2,22,23,24). The van der Waals surface area contributed by atoms with Crippen molar-refractivity contribution in [1.82, 2.24) is 9.97 Å². The summed E-state index contributed by atoms with van der Waals surface area (Å²) in [5.74, 6) is 3.69. The molecular formula is C21H16N4S. The van der Waals surface area contributed by atoms with Crippen LogP contribution in [0.15, 0.2) is 60.7 Å². The average molecular weight is 356 g/mol. The molecule has 4 aromatic rings. The Morgan fingerprint density at radius 2 is 1.85 bits per heavy atom. The zero-order valence-corrected chi connectivity index (χ0v) is 15.0. The SMILES string of the molecule is C#Cc1cccc(-c2nc(N)c3cc(N(C)c4ccccc4)sc3n2)c1. The fourth-order valence-corrected chi connectivity index (χ4v) is 3.77. The smallest absolute Gasteiger partial charge is 0.163 e. The highest BCUT2D eigenvalue weighted by Gasteiger charge is 2.14. The summed E-state index contributed by atoms with van der Waals surface area (Å²) >= 11 is 1.59. The minimum atomic E-state index is 0.472. The van der Waals surface area contributed by atoms with Crippen LogP contribution in [0.5, 0.6) is 0 Å². The van der Waals surface area contributed by atoms with Crippen molar-refractivity contribution in [2.75, 3.05) is 17.7 Å². The Kier molecular flexibility index (Phi) is 4.04. The second kappa shape index (κ2) is 6.51. The third kappa shape index (κ3) is 2.87. The summed E-state index contributed by atoms with van der Waals surface area (Å²) in [6.07, 6.45) is 5.49. The molecule has 0 amide bonds. The summed E-state index contributed by atoms with van der Waals surface area (Å²) in [5, 5.41) is 1.92. The fourth-order valence-electron chi connectivity index (χ4n) is 2.75. The molecule has 0 radical (unpaired) electrons. The average Bonchev–Trinajstić information content (AvgIpc) is 3.13. The largest absolute Gasteiger partial charge is 0.383 e. The summed E-state index contributed by atoms with van der Waals surface area (Å²) in [4.78, 5) is 12.2. The molecule has 126 valence electrons. The lowest BCUT2D eigenvalue weighted by Gasteiger charge is -2.16. The third-order valence-electron chi connectivity index (χ3n) is 4.17. The van der Waals surface area contributed by atoms with E-state index < -0.39 is 0 Å². The van der Waals surface area contributed by atoms with Crippen molar-refractivity contribution in [3.8, 4) is 23.7 Å². The van der Waals surface area contributed by atoms with E-state index in [4.69, 9.17) is 17.1 Å². The number of hydrogen-bond donors (Lipinski definition) is 1. The van der Waals surface area contributed by atoms with E-state index in [0.717, 1.165) is 32.0 Å². The number of para-hydroxylation sites is 1. The lowest BCUT2D eigenvalue weighted by atomic mass is 10.1. The molecule has 4 nitrogen and oxygen atoms in total. The molecule has 26 heavy (non-hydrogen) atoms. The molecule has 0 aliphatic rings. The number of benzene rings is 2. The fraction of sp³-hybridized carbons (Fsp3) is 0.0476. The second-order valence-corrected chi connectivity index (χ2v) is 6.86. The molecule has 0 aliphatic carbocycles. The second-order valence-electron chi connectivity index (χ2n) is 5.86. The first-order chi connectivity index (χ1) is 12.7. The summed E-state index contributed by atoms with van der Waals surface area (Å²) in [6, 6.07) is 19.8. The number of nitrogens with two attached hydrogens (primary N) is 1. The topological polar surface area (TPSA) is 55.0 Å². The summed E-state index contributed by atoms with van der Waals surface area (Å²) in [5.41, 5.74) is 8.97. The van der Waals surface area contributed by atoms with E-state index in [1.54, 1.807) is 11.3 Å². The number of anilines is 3. The van der Waals surface area contributed by atoms with Crippen LogP contribution in [0.2, 0.25) is 0 Å². The highest BCUT2D eigenvalue weighted by atomic mass is 32.1. The summed E-state index contributed by atoms with van der Waals surface area (Å²) in [7, 11) is 2.03. The Labute approximate surface area is 156 Å². The number of nitrogen functional groups attached to an aromatic ring is 1. The lowest BCUT2D eigenvalue weighted by Crippen LogP contribution is -2.06. The molecule has 0 atom stereocenters. The number of aromatic nitrogens is 2. The van der Waals surface area contributed by atoms with Crippen molar-refractivity contribution in [3.63, 3.8) is 0 Å². The molecule has 0 spiro atoms. The van der Waals surface area contributed by atoms with Gasteiger partial charge in [-0.15, -0.1) is 6.42 Å². The zero-order valence-electron chi connectivity index (χ0n) is 14.2. The van der Waals surface area contributed by atoms with Gasteiger partial charge >= 0.3 is 0 Å². The molecule has 0 unspecified atom stereocenters. The highest BCUT2D eigenvalue weighted by Crippen LogP contribution is 2.37. The number of nitrogens with zero attached hydrogens (tertiary/aromatic N) is 3. The van der Waals surface area contributed by atoms with Gasteiger partial charge in [0.05, 0.1) is 10.4 Å². The van der Waals surface area contributed by atoms with Crippen molar-refractivity contribution in [2.45, 2.75) is 0 Å².